The number of aromatic hydroxyl groups is 1. The van der Waals surface area contributed by atoms with Crippen molar-refractivity contribution in [2.45, 2.75) is 19.9 Å². The highest BCUT2D eigenvalue weighted by Crippen LogP contribution is 2.38. The first-order valence-corrected chi connectivity index (χ1v) is 6.97. The summed E-state index contributed by atoms with van der Waals surface area (Å²) in [6.07, 6.45) is 1.87. The van der Waals surface area contributed by atoms with Crippen LogP contribution >= 0.6 is 0 Å². The SMILES string of the molecule is CC(C)Nc1cccc(Oc2cccc3[nH]ccc23)c1O. The summed E-state index contributed by atoms with van der Waals surface area (Å²) < 4.78 is 5.89. The van der Waals surface area contributed by atoms with Crippen molar-refractivity contribution in [3.05, 3.63) is 48.7 Å². The van der Waals surface area contributed by atoms with Gasteiger partial charge < -0.3 is 20.1 Å². The molecule has 0 spiro atoms. The molecule has 0 fully saturated rings. The van der Waals surface area contributed by atoms with Gasteiger partial charge in [0.2, 0.25) is 0 Å². The summed E-state index contributed by atoms with van der Waals surface area (Å²) in [6, 6.07) is 13.4. The number of ether oxygens (including phenoxy) is 1. The number of H-pyrrole nitrogens is 1. The van der Waals surface area contributed by atoms with E-state index in [1.54, 1.807) is 6.07 Å². The Morgan fingerprint density at radius 3 is 2.62 bits per heavy atom. The minimum absolute atomic E-state index is 0.124. The van der Waals surface area contributed by atoms with Gasteiger partial charge in [-0.05, 0) is 44.2 Å². The first-order chi connectivity index (χ1) is 10.1. The van der Waals surface area contributed by atoms with E-state index in [0.717, 1.165) is 10.9 Å². The fourth-order valence-corrected chi connectivity index (χ4v) is 2.30. The largest absolute Gasteiger partial charge is 0.503 e. The predicted molar refractivity (Wildman–Crippen MR) is 85.2 cm³/mol. The number of hydrogen-bond acceptors (Lipinski definition) is 3. The Bertz CT molecular complexity index is 762. The maximum atomic E-state index is 10.3. The second-order valence-corrected chi connectivity index (χ2v) is 5.25. The van der Waals surface area contributed by atoms with Gasteiger partial charge in [-0.15, -0.1) is 0 Å². The molecule has 4 nitrogen and oxygen atoms in total. The molecule has 2 aromatic carbocycles. The lowest BCUT2D eigenvalue weighted by Crippen LogP contribution is -2.09. The fraction of sp³-hybridized carbons (Fsp3) is 0.176. The molecule has 108 valence electrons. The number of aromatic amines is 1. The van der Waals surface area contributed by atoms with Crippen LogP contribution < -0.4 is 10.1 Å². The minimum Gasteiger partial charge on any atom is -0.503 e. The molecule has 1 heterocycles. The van der Waals surface area contributed by atoms with E-state index in [2.05, 4.69) is 10.3 Å². The first kappa shape index (κ1) is 13.4. The van der Waals surface area contributed by atoms with Gasteiger partial charge in [0, 0.05) is 23.1 Å². The van der Waals surface area contributed by atoms with Crippen molar-refractivity contribution in [1.29, 1.82) is 0 Å². The second kappa shape index (κ2) is 5.40. The van der Waals surface area contributed by atoms with Crippen molar-refractivity contribution in [2.75, 3.05) is 5.32 Å². The van der Waals surface area contributed by atoms with Crippen molar-refractivity contribution in [3.8, 4) is 17.2 Å². The summed E-state index contributed by atoms with van der Waals surface area (Å²) in [4.78, 5) is 3.14. The number of fused-ring (bicyclic) bond motifs is 1. The van der Waals surface area contributed by atoms with Gasteiger partial charge in [-0.1, -0.05) is 12.1 Å². The summed E-state index contributed by atoms with van der Waals surface area (Å²) in [5.74, 6) is 1.28. The van der Waals surface area contributed by atoms with Gasteiger partial charge in [0.1, 0.15) is 5.75 Å². The van der Waals surface area contributed by atoms with Crippen molar-refractivity contribution >= 4 is 16.6 Å². The molecule has 3 aromatic rings. The van der Waals surface area contributed by atoms with Gasteiger partial charge in [-0.2, -0.15) is 0 Å². The summed E-state index contributed by atoms with van der Waals surface area (Å²) in [5.41, 5.74) is 1.67. The van der Waals surface area contributed by atoms with Crippen LogP contribution in [0.4, 0.5) is 5.69 Å². The van der Waals surface area contributed by atoms with E-state index in [0.29, 0.717) is 17.2 Å². The minimum atomic E-state index is 0.124. The van der Waals surface area contributed by atoms with Crippen LogP contribution in [0.1, 0.15) is 13.8 Å². The van der Waals surface area contributed by atoms with Gasteiger partial charge >= 0.3 is 0 Å². The van der Waals surface area contributed by atoms with E-state index in [9.17, 15) is 5.11 Å². The van der Waals surface area contributed by atoms with Gasteiger partial charge in [-0.3, -0.25) is 0 Å². The maximum Gasteiger partial charge on any atom is 0.182 e. The Hall–Kier alpha value is -2.62. The molecule has 4 heteroatoms. The number of phenolic OH excluding ortho intramolecular Hbond substituents is 1. The van der Waals surface area contributed by atoms with Gasteiger partial charge in [-0.25, -0.2) is 0 Å². The highest BCUT2D eigenvalue weighted by atomic mass is 16.5. The van der Waals surface area contributed by atoms with Crippen LogP contribution in [0, 0.1) is 0 Å². The first-order valence-electron chi connectivity index (χ1n) is 6.97. The van der Waals surface area contributed by atoms with E-state index in [1.165, 1.54) is 0 Å². The molecule has 0 saturated heterocycles. The van der Waals surface area contributed by atoms with Crippen LogP contribution in [0.25, 0.3) is 10.9 Å². The number of phenols is 1. The average molecular weight is 282 g/mol. The summed E-state index contributed by atoms with van der Waals surface area (Å²) in [5, 5.41) is 14.5. The third-order valence-electron chi connectivity index (χ3n) is 3.22. The second-order valence-electron chi connectivity index (χ2n) is 5.25. The van der Waals surface area contributed by atoms with Gasteiger partial charge in [0.05, 0.1) is 5.69 Å². The van der Waals surface area contributed by atoms with Gasteiger partial charge in [0.25, 0.3) is 0 Å². The normalized spacial score (nSPS) is 11.0. The third-order valence-corrected chi connectivity index (χ3v) is 3.22. The third kappa shape index (κ3) is 2.65. The Kier molecular flexibility index (Phi) is 3.44. The lowest BCUT2D eigenvalue weighted by Gasteiger charge is -2.15. The van der Waals surface area contributed by atoms with Gasteiger partial charge in [0.15, 0.2) is 11.5 Å². The molecule has 3 rings (SSSR count). The molecule has 0 saturated carbocycles. The zero-order valence-corrected chi connectivity index (χ0v) is 12.1. The van der Waals surface area contributed by atoms with E-state index in [4.69, 9.17) is 4.74 Å². The molecule has 0 atom stereocenters. The Balaban J connectivity index is 1.96. The molecule has 0 radical (unpaired) electrons. The number of anilines is 1. The number of aromatic nitrogens is 1. The number of para-hydroxylation sites is 1. The molecule has 0 amide bonds. The fourth-order valence-electron chi connectivity index (χ4n) is 2.30. The zero-order chi connectivity index (χ0) is 14.8. The monoisotopic (exact) mass is 282 g/mol. The molecule has 0 bridgehead atoms. The van der Waals surface area contributed by atoms with E-state index < -0.39 is 0 Å². The molecular formula is C17H18N2O2. The maximum absolute atomic E-state index is 10.3. The van der Waals surface area contributed by atoms with Crippen molar-refractivity contribution in [3.63, 3.8) is 0 Å². The molecule has 3 N–H and O–H groups in total. The summed E-state index contributed by atoms with van der Waals surface area (Å²) in [6.45, 7) is 4.04. The summed E-state index contributed by atoms with van der Waals surface area (Å²) >= 11 is 0. The van der Waals surface area contributed by atoms with Crippen LogP contribution in [-0.2, 0) is 0 Å². The van der Waals surface area contributed by atoms with Crippen molar-refractivity contribution < 1.29 is 9.84 Å². The molecular weight excluding hydrogens is 264 g/mol. The van der Waals surface area contributed by atoms with Crippen LogP contribution in [0.15, 0.2) is 48.7 Å². The zero-order valence-electron chi connectivity index (χ0n) is 12.1. The van der Waals surface area contributed by atoms with Crippen molar-refractivity contribution in [2.24, 2.45) is 0 Å². The lowest BCUT2D eigenvalue weighted by molar-refractivity contribution is 0.415. The molecule has 21 heavy (non-hydrogen) atoms. The number of benzene rings is 2. The average Bonchev–Trinajstić information content (AvgIpc) is 2.92. The van der Waals surface area contributed by atoms with Crippen LogP contribution in [-0.4, -0.2) is 16.1 Å². The van der Waals surface area contributed by atoms with Crippen molar-refractivity contribution in [1.82, 2.24) is 4.98 Å². The van der Waals surface area contributed by atoms with Crippen LogP contribution in [0.3, 0.4) is 0 Å². The van der Waals surface area contributed by atoms with Crippen LogP contribution in [0.2, 0.25) is 0 Å². The topological polar surface area (TPSA) is 57.3 Å². The molecule has 0 aliphatic carbocycles. The Labute approximate surface area is 123 Å². The number of hydrogen-bond donors (Lipinski definition) is 3. The Morgan fingerprint density at radius 1 is 1.05 bits per heavy atom. The van der Waals surface area contributed by atoms with E-state index in [1.807, 2.05) is 56.4 Å². The summed E-state index contributed by atoms with van der Waals surface area (Å²) in [7, 11) is 0. The number of nitrogens with one attached hydrogen (secondary N) is 2. The Morgan fingerprint density at radius 2 is 1.81 bits per heavy atom. The highest BCUT2D eigenvalue weighted by Gasteiger charge is 2.11. The molecule has 0 unspecified atom stereocenters. The predicted octanol–water partition coefficient (Wildman–Crippen LogP) is 4.49. The molecule has 0 aliphatic rings. The highest BCUT2D eigenvalue weighted by molar-refractivity contribution is 5.86. The molecule has 0 aliphatic heterocycles. The quantitative estimate of drug-likeness (QED) is 0.618. The van der Waals surface area contributed by atoms with Crippen LogP contribution in [0.5, 0.6) is 17.2 Å². The molecule has 1 aromatic heterocycles. The smallest absolute Gasteiger partial charge is 0.182 e. The van der Waals surface area contributed by atoms with E-state index in [-0.39, 0.29) is 11.8 Å². The lowest BCUT2D eigenvalue weighted by atomic mass is 10.2. The van der Waals surface area contributed by atoms with E-state index >= 15 is 0 Å². The number of rotatable bonds is 4. The standard InChI is InChI=1S/C17H18N2O2/c1-11(2)19-14-6-4-8-16(17(14)20)21-15-7-3-5-13-12(15)9-10-18-13/h3-11,18-20H,1-2H3.